The Hall–Kier alpha value is -2.10. The number of rotatable bonds is 3. The van der Waals surface area contributed by atoms with Crippen LogP contribution in [0.4, 0.5) is 0 Å². The number of fused-ring (bicyclic) bond motifs is 1. The molecule has 0 bridgehead atoms. The van der Waals surface area contributed by atoms with E-state index in [9.17, 15) is 0 Å². The summed E-state index contributed by atoms with van der Waals surface area (Å²) in [6.07, 6.45) is 9.46. The van der Waals surface area contributed by atoms with Crippen LogP contribution in [0, 0.1) is 0 Å². The van der Waals surface area contributed by atoms with E-state index in [1.807, 2.05) is 30.9 Å². The maximum absolute atomic E-state index is 5.66. The van der Waals surface area contributed by atoms with Gasteiger partial charge in [0.05, 0.1) is 6.26 Å². The van der Waals surface area contributed by atoms with Crippen molar-refractivity contribution < 1.29 is 4.74 Å². The van der Waals surface area contributed by atoms with Crippen LogP contribution in [0.2, 0.25) is 0 Å². The van der Waals surface area contributed by atoms with E-state index in [1.165, 1.54) is 11.1 Å². The summed E-state index contributed by atoms with van der Waals surface area (Å²) in [5.41, 5.74) is 2.49. The van der Waals surface area contributed by atoms with Gasteiger partial charge in [-0.05, 0) is 23.5 Å². The van der Waals surface area contributed by atoms with E-state index in [2.05, 4.69) is 34.4 Å². The van der Waals surface area contributed by atoms with Crippen molar-refractivity contribution in [3.05, 3.63) is 53.9 Å². The van der Waals surface area contributed by atoms with Crippen LogP contribution in [0.15, 0.2) is 42.6 Å². The Morgan fingerprint density at radius 3 is 2.95 bits per heavy atom. The molecule has 0 amide bonds. The van der Waals surface area contributed by atoms with Crippen molar-refractivity contribution in [3.63, 3.8) is 0 Å². The van der Waals surface area contributed by atoms with E-state index < -0.39 is 0 Å². The van der Waals surface area contributed by atoms with Crippen molar-refractivity contribution in [2.45, 2.75) is 39.2 Å². The summed E-state index contributed by atoms with van der Waals surface area (Å²) in [5.74, 6) is 2.25. The lowest BCUT2D eigenvalue weighted by Crippen LogP contribution is -2.12. The molecule has 0 atom stereocenters. The Bertz CT molecular complexity index is 611. The molecule has 104 valence electrons. The molecule has 0 saturated carbocycles. The zero-order valence-electron chi connectivity index (χ0n) is 11.9. The van der Waals surface area contributed by atoms with Gasteiger partial charge in [-0.3, -0.25) is 0 Å². The highest BCUT2D eigenvalue weighted by atomic mass is 16.5. The topological polar surface area (TPSA) is 39.9 Å². The van der Waals surface area contributed by atoms with Crippen LogP contribution in [0.1, 0.15) is 37.6 Å². The third-order valence-electron chi connectivity index (χ3n) is 3.63. The summed E-state index contributed by atoms with van der Waals surface area (Å²) in [7, 11) is 0. The third kappa shape index (κ3) is 2.74. The van der Waals surface area contributed by atoms with Crippen LogP contribution in [-0.4, -0.2) is 14.5 Å². The molecule has 0 aliphatic carbocycles. The SMILES string of the molecule is CC(C)c1ccc(O/C=C2\CCn3ccnc3C2)nc1. The molecule has 0 N–H and O–H groups in total. The van der Waals surface area contributed by atoms with Gasteiger partial charge < -0.3 is 9.30 Å². The quantitative estimate of drug-likeness (QED) is 0.803. The minimum absolute atomic E-state index is 0.493. The third-order valence-corrected chi connectivity index (χ3v) is 3.63. The van der Waals surface area contributed by atoms with Gasteiger partial charge in [0.1, 0.15) is 5.82 Å². The first-order valence-electron chi connectivity index (χ1n) is 7.03. The average Bonchev–Trinajstić information content (AvgIpc) is 2.93. The van der Waals surface area contributed by atoms with Crippen LogP contribution >= 0.6 is 0 Å². The highest BCUT2D eigenvalue weighted by molar-refractivity contribution is 5.21. The fraction of sp³-hybridized carbons (Fsp3) is 0.375. The lowest BCUT2D eigenvalue weighted by Gasteiger charge is -2.16. The molecule has 3 rings (SSSR count). The fourth-order valence-corrected chi connectivity index (χ4v) is 2.31. The molecule has 2 aromatic heterocycles. The van der Waals surface area contributed by atoms with Crippen LogP contribution in [0.3, 0.4) is 0 Å². The highest BCUT2D eigenvalue weighted by Gasteiger charge is 2.13. The Morgan fingerprint density at radius 1 is 1.30 bits per heavy atom. The summed E-state index contributed by atoms with van der Waals surface area (Å²) >= 11 is 0. The smallest absolute Gasteiger partial charge is 0.218 e. The molecule has 4 nitrogen and oxygen atoms in total. The monoisotopic (exact) mass is 269 g/mol. The number of imidazole rings is 1. The van der Waals surface area contributed by atoms with E-state index in [4.69, 9.17) is 4.74 Å². The second-order valence-electron chi connectivity index (χ2n) is 5.44. The van der Waals surface area contributed by atoms with Gasteiger partial charge in [-0.15, -0.1) is 0 Å². The summed E-state index contributed by atoms with van der Waals surface area (Å²) in [5, 5.41) is 0. The number of hydrogen-bond donors (Lipinski definition) is 0. The standard InChI is InChI=1S/C16H19N3O/c1-12(2)14-3-4-16(18-10-14)20-11-13-5-7-19-8-6-17-15(19)9-13/h3-4,6,8,10-12H,5,7,9H2,1-2H3/b13-11+. The molecule has 0 saturated heterocycles. The fourth-order valence-electron chi connectivity index (χ4n) is 2.31. The largest absolute Gasteiger partial charge is 0.447 e. The van der Waals surface area contributed by atoms with Crippen molar-refractivity contribution in [2.24, 2.45) is 0 Å². The van der Waals surface area contributed by atoms with E-state index in [0.29, 0.717) is 11.8 Å². The molecule has 0 fully saturated rings. The van der Waals surface area contributed by atoms with Gasteiger partial charge in [0, 0.05) is 37.6 Å². The molecular formula is C16H19N3O. The number of aryl methyl sites for hydroxylation is 1. The molecule has 0 spiro atoms. The molecule has 1 aliphatic heterocycles. The Morgan fingerprint density at radius 2 is 2.20 bits per heavy atom. The summed E-state index contributed by atoms with van der Waals surface area (Å²) in [6, 6.07) is 4.00. The van der Waals surface area contributed by atoms with Crippen molar-refractivity contribution >= 4 is 0 Å². The summed E-state index contributed by atoms with van der Waals surface area (Å²) in [4.78, 5) is 8.67. The number of ether oxygens (including phenoxy) is 1. The second kappa shape index (κ2) is 5.49. The summed E-state index contributed by atoms with van der Waals surface area (Å²) in [6.45, 7) is 5.29. The van der Waals surface area contributed by atoms with Gasteiger partial charge in [-0.25, -0.2) is 9.97 Å². The number of aromatic nitrogens is 3. The molecule has 3 heterocycles. The van der Waals surface area contributed by atoms with Crippen molar-refractivity contribution in [1.82, 2.24) is 14.5 Å². The van der Waals surface area contributed by atoms with E-state index in [-0.39, 0.29) is 0 Å². The zero-order chi connectivity index (χ0) is 13.9. The van der Waals surface area contributed by atoms with E-state index in [1.54, 1.807) is 0 Å². The Labute approximate surface area is 119 Å². The Kier molecular flexibility index (Phi) is 3.54. The first-order valence-corrected chi connectivity index (χ1v) is 7.03. The maximum atomic E-state index is 5.66. The highest BCUT2D eigenvalue weighted by Crippen LogP contribution is 2.20. The van der Waals surface area contributed by atoms with Crippen LogP contribution in [-0.2, 0) is 13.0 Å². The van der Waals surface area contributed by atoms with E-state index >= 15 is 0 Å². The predicted octanol–water partition coefficient (Wildman–Crippen LogP) is 3.31. The van der Waals surface area contributed by atoms with Crippen molar-refractivity contribution in [1.29, 1.82) is 0 Å². The van der Waals surface area contributed by atoms with Crippen LogP contribution in [0.25, 0.3) is 0 Å². The number of nitrogens with zero attached hydrogens (tertiary/aromatic N) is 3. The zero-order valence-corrected chi connectivity index (χ0v) is 11.9. The number of pyridine rings is 1. The van der Waals surface area contributed by atoms with Gasteiger partial charge in [0.15, 0.2) is 0 Å². The lowest BCUT2D eigenvalue weighted by atomic mass is 10.1. The molecular weight excluding hydrogens is 250 g/mol. The minimum Gasteiger partial charge on any atom is -0.447 e. The van der Waals surface area contributed by atoms with E-state index in [0.717, 1.165) is 25.2 Å². The number of allylic oxidation sites excluding steroid dienone is 1. The number of hydrogen-bond acceptors (Lipinski definition) is 3. The predicted molar refractivity (Wildman–Crippen MR) is 77.6 cm³/mol. The van der Waals surface area contributed by atoms with Crippen molar-refractivity contribution in [3.8, 4) is 5.88 Å². The molecule has 1 aliphatic rings. The van der Waals surface area contributed by atoms with Gasteiger partial charge in [-0.1, -0.05) is 19.9 Å². The van der Waals surface area contributed by atoms with Gasteiger partial charge in [0.2, 0.25) is 5.88 Å². The molecule has 4 heteroatoms. The second-order valence-corrected chi connectivity index (χ2v) is 5.44. The van der Waals surface area contributed by atoms with Crippen molar-refractivity contribution in [2.75, 3.05) is 0 Å². The molecule has 0 aromatic carbocycles. The summed E-state index contributed by atoms with van der Waals surface area (Å²) < 4.78 is 7.85. The lowest BCUT2D eigenvalue weighted by molar-refractivity contribution is 0.444. The molecule has 2 aromatic rings. The average molecular weight is 269 g/mol. The molecule has 0 unspecified atom stereocenters. The van der Waals surface area contributed by atoms with Crippen LogP contribution < -0.4 is 4.74 Å². The molecule has 0 radical (unpaired) electrons. The first kappa shape index (κ1) is 12.9. The van der Waals surface area contributed by atoms with Gasteiger partial charge in [0.25, 0.3) is 0 Å². The normalized spacial score (nSPS) is 16.4. The minimum atomic E-state index is 0.493. The van der Waals surface area contributed by atoms with Gasteiger partial charge in [-0.2, -0.15) is 0 Å². The van der Waals surface area contributed by atoms with Crippen LogP contribution in [0.5, 0.6) is 5.88 Å². The molecule has 20 heavy (non-hydrogen) atoms. The maximum Gasteiger partial charge on any atom is 0.218 e. The Balaban J connectivity index is 1.66. The van der Waals surface area contributed by atoms with Gasteiger partial charge >= 0.3 is 0 Å². The first-order chi connectivity index (χ1) is 9.72.